The number of anilines is 1. The minimum atomic E-state index is -0.641. The molecule has 0 unspecified atom stereocenters. The van der Waals surface area contributed by atoms with Crippen LogP contribution >= 0.6 is 0 Å². The standard InChI is InChI=1S/C31H27N5O2/c1-18-12-13-27(33-16-18)36-31(38)28-19(2)34-24-14-21(20-8-4-3-5-9-20)15-26(37)29(24)30(28)25-17-32-22-10-6-7-11-23(22)35-25/h3-13,16-17,21,30,34H,14-15H2,1-2H3,(H,33,36,38)/t21-,30-/m0/s1. The Morgan fingerprint density at radius 2 is 1.66 bits per heavy atom. The van der Waals surface area contributed by atoms with Crippen molar-refractivity contribution >= 4 is 28.5 Å². The number of pyridine rings is 1. The zero-order valence-corrected chi connectivity index (χ0v) is 21.2. The van der Waals surface area contributed by atoms with Crippen LogP contribution in [0.5, 0.6) is 0 Å². The number of rotatable bonds is 4. The van der Waals surface area contributed by atoms with E-state index in [1.54, 1.807) is 18.5 Å². The molecule has 0 saturated heterocycles. The number of dihydropyridines is 1. The zero-order valence-electron chi connectivity index (χ0n) is 21.2. The van der Waals surface area contributed by atoms with E-state index in [1.165, 1.54) is 0 Å². The Morgan fingerprint density at radius 3 is 2.42 bits per heavy atom. The van der Waals surface area contributed by atoms with Crippen molar-refractivity contribution in [3.05, 3.63) is 118 Å². The molecule has 0 saturated carbocycles. The van der Waals surface area contributed by atoms with Gasteiger partial charge in [0, 0.05) is 35.2 Å². The van der Waals surface area contributed by atoms with Crippen LogP contribution < -0.4 is 10.6 Å². The van der Waals surface area contributed by atoms with Crippen LogP contribution in [-0.4, -0.2) is 26.6 Å². The second kappa shape index (κ2) is 9.67. The molecule has 7 nitrogen and oxygen atoms in total. The van der Waals surface area contributed by atoms with Gasteiger partial charge in [0.1, 0.15) is 5.82 Å². The lowest BCUT2D eigenvalue weighted by atomic mass is 9.72. The fourth-order valence-corrected chi connectivity index (χ4v) is 5.43. The van der Waals surface area contributed by atoms with Crippen molar-refractivity contribution in [2.24, 2.45) is 0 Å². The van der Waals surface area contributed by atoms with Crippen LogP contribution in [0.15, 0.2) is 102 Å². The minimum absolute atomic E-state index is 0.0128. The first kappa shape index (κ1) is 23.7. The Bertz CT molecular complexity index is 1620. The largest absolute Gasteiger partial charge is 0.362 e. The van der Waals surface area contributed by atoms with Crippen molar-refractivity contribution in [1.29, 1.82) is 0 Å². The highest BCUT2D eigenvalue weighted by atomic mass is 16.2. The van der Waals surface area contributed by atoms with E-state index < -0.39 is 5.92 Å². The summed E-state index contributed by atoms with van der Waals surface area (Å²) in [6, 6.07) is 21.4. The molecular formula is C31H27N5O2. The fraction of sp³-hybridized carbons (Fsp3) is 0.194. The van der Waals surface area contributed by atoms with Gasteiger partial charge in [0.25, 0.3) is 5.91 Å². The Labute approximate surface area is 220 Å². The third-order valence-electron chi connectivity index (χ3n) is 7.26. The fourth-order valence-electron chi connectivity index (χ4n) is 5.43. The summed E-state index contributed by atoms with van der Waals surface area (Å²) in [5, 5.41) is 6.34. The number of fused-ring (bicyclic) bond motifs is 1. The van der Waals surface area contributed by atoms with Gasteiger partial charge in [0.2, 0.25) is 0 Å². The van der Waals surface area contributed by atoms with Crippen LogP contribution in [-0.2, 0) is 9.59 Å². The third-order valence-corrected chi connectivity index (χ3v) is 7.26. The molecule has 6 rings (SSSR count). The molecule has 0 spiro atoms. The summed E-state index contributed by atoms with van der Waals surface area (Å²) in [5.74, 6) is -0.436. The number of nitrogens with one attached hydrogen (secondary N) is 2. The summed E-state index contributed by atoms with van der Waals surface area (Å²) in [7, 11) is 0. The first-order valence-electron chi connectivity index (χ1n) is 12.7. The Morgan fingerprint density at radius 1 is 0.895 bits per heavy atom. The van der Waals surface area contributed by atoms with Crippen molar-refractivity contribution in [1.82, 2.24) is 20.3 Å². The maximum Gasteiger partial charge on any atom is 0.255 e. The molecule has 0 radical (unpaired) electrons. The smallest absolute Gasteiger partial charge is 0.255 e. The number of benzene rings is 2. The topological polar surface area (TPSA) is 96.9 Å². The lowest BCUT2D eigenvalue weighted by Crippen LogP contribution is -2.37. The van der Waals surface area contributed by atoms with Gasteiger partial charge in [-0.2, -0.15) is 0 Å². The summed E-state index contributed by atoms with van der Waals surface area (Å²) in [6.07, 6.45) is 4.44. The van der Waals surface area contributed by atoms with E-state index in [4.69, 9.17) is 4.98 Å². The van der Waals surface area contributed by atoms with E-state index in [0.29, 0.717) is 46.7 Å². The predicted molar refractivity (Wildman–Crippen MR) is 146 cm³/mol. The molecular weight excluding hydrogens is 474 g/mol. The van der Waals surface area contributed by atoms with Crippen LogP contribution in [0.1, 0.15) is 48.4 Å². The molecule has 7 heteroatoms. The van der Waals surface area contributed by atoms with Gasteiger partial charge in [0.15, 0.2) is 5.78 Å². The highest BCUT2D eigenvalue weighted by Crippen LogP contribution is 2.45. The molecule has 2 aromatic carbocycles. The summed E-state index contributed by atoms with van der Waals surface area (Å²) < 4.78 is 0. The van der Waals surface area contributed by atoms with Gasteiger partial charge in [0.05, 0.1) is 28.8 Å². The number of nitrogens with zero attached hydrogens (tertiary/aromatic N) is 3. The molecule has 2 atom stereocenters. The van der Waals surface area contributed by atoms with E-state index in [0.717, 1.165) is 22.3 Å². The number of aryl methyl sites for hydroxylation is 1. The van der Waals surface area contributed by atoms with Crippen molar-refractivity contribution in [2.75, 3.05) is 5.32 Å². The van der Waals surface area contributed by atoms with Crippen LogP contribution in [0, 0.1) is 6.92 Å². The van der Waals surface area contributed by atoms with Gasteiger partial charge in [-0.3, -0.25) is 14.6 Å². The van der Waals surface area contributed by atoms with Gasteiger partial charge in [-0.05, 0) is 55.5 Å². The number of aromatic nitrogens is 3. The molecule has 1 aliphatic heterocycles. The van der Waals surface area contributed by atoms with Crippen LogP contribution in [0.4, 0.5) is 5.82 Å². The van der Waals surface area contributed by atoms with E-state index in [-0.39, 0.29) is 17.6 Å². The number of allylic oxidation sites excluding steroid dienone is 3. The zero-order chi connectivity index (χ0) is 26.2. The predicted octanol–water partition coefficient (Wildman–Crippen LogP) is 5.33. The number of para-hydroxylation sites is 2. The molecule has 2 N–H and O–H groups in total. The van der Waals surface area contributed by atoms with Crippen molar-refractivity contribution in [3.8, 4) is 0 Å². The highest BCUT2D eigenvalue weighted by Gasteiger charge is 2.41. The number of carbonyl (C=O) groups is 2. The van der Waals surface area contributed by atoms with Crippen LogP contribution in [0.25, 0.3) is 11.0 Å². The lowest BCUT2D eigenvalue weighted by Gasteiger charge is -2.36. The minimum Gasteiger partial charge on any atom is -0.362 e. The molecule has 38 heavy (non-hydrogen) atoms. The Hall–Kier alpha value is -4.65. The quantitative estimate of drug-likeness (QED) is 0.392. The van der Waals surface area contributed by atoms with Crippen molar-refractivity contribution in [3.63, 3.8) is 0 Å². The molecule has 2 aromatic heterocycles. The second-order valence-electron chi connectivity index (χ2n) is 9.89. The second-order valence-corrected chi connectivity index (χ2v) is 9.89. The Balaban J connectivity index is 1.45. The first-order chi connectivity index (χ1) is 18.5. The summed E-state index contributed by atoms with van der Waals surface area (Å²) in [5.41, 5.74) is 6.75. The van der Waals surface area contributed by atoms with Crippen LogP contribution in [0.2, 0.25) is 0 Å². The van der Waals surface area contributed by atoms with Gasteiger partial charge in [-0.15, -0.1) is 0 Å². The van der Waals surface area contributed by atoms with Crippen molar-refractivity contribution < 1.29 is 9.59 Å². The van der Waals surface area contributed by atoms with Crippen LogP contribution in [0.3, 0.4) is 0 Å². The number of amides is 1. The summed E-state index contributed by atoms with van der Waals surface area (Å²) >= 11 is 0. The monoisotopic (exact) mass is 501 g/mol. The number of Topliss-reactive ketones (excluding diaryl/α,β-unsaturated/α-hetero) is 1. The molecule has 1 aliphatic carbocycles. The molecule has 0 fully saturated rings. The normalized spacial score (nSPS) is 19.3. The van der Waals surface area contributed by atoms with Gasteiger partial charge in [-0.1, -0.05) is 48.5 Å². The SMILES string of the molecule is CC1=C(C(=O)Nc2ccc(C)cn2)[C@H](c2cnc3ccccc3n2)C2=C(C[C@H](c3ccccc3)CC2=O)N1. The molecule has 188 valence electrons. The van der Waals surface area contributed by atoms with E-state index in [1.807, 2.05) is 62.4 Å². The molecule has 4 aromatic rings. The number of hydrogen-bond donors (Lipinski definition) is 2. The van der Waals surface area contributed by atoms with E-state index >= 15 is 0 Å². The maximum atomic E-state index is 13.8. The molecule has 2 aliphatic rings. The van der Waals surface area contributed by atoms with Gasteiger partial charge < -0.3 is 10.6 Å². The number of ketones is 1. The third kappa shape index (κ3) is 4.36. The molecule has 1 amide bonds. The highest BCUT2D eigenvalue weighted by molar-refractivity contribution is 6.09. The van der Waals surface area contributed by atoms with E-state index in [9.17, 15) is 9.59 Å². The summed E-state index contributed by atoms with van der Waals surface area (Å²) in [6.45, 7) is 3.81. The summed E-state index contributed by atoms with van der Waals surface area (Å²) in [4.78, 5) is 41.4. The number of carbonyl (C=O) groups excluding carboxylic acids is 2. The first-order valence-corrected chi connectivity index (χ1v) is 12.7. The average molecular weight is 502 g/mol. The Kier molecular flexibility index (Phi) is 6.04. The van der Waals surface area contributed by atoms with E-state index in [2.05, 4.69) is 32.7 Å². The maximum absolute atomic E-state index is 13.8. The van der Waals surface area contributed by atoms with Gasteiger partial charge in [-0.25, -0.2) is 9.97 Å². The number of hydrogen-bond acceptors (Lipinski definition) is 6. The average Bonchev–Trinajstić information content (AvgIpc) is 2.93. The molecule has 3 heterocycles. The molecule has 0 bridgehead atoms. The van der Waals surface area contributed by atoms with Gasteiger partial charge >= 0.3 is 0 Å². The van der Waals surface area contributed by atoms with Crippen molar-refractivity contribution in [2.45, 2.75) is 38.5 Å². The lowest BCUT2D eigenvalue weighted by molar-refractivity contribution is -0.116.